The third-order valence-corrected chi connectivity index (χ3v) is 5.38. The number of benzene rings is 2. The van der Waals surface area contributed by atoms with Gasteiger partial charge in [0.1, 0.15) is 11.3 Å². The van der Waals surface area contributed by atoms with Crippen LogP contribution in [0, 0.1) is 0 Å². The molecular weight excluding hydrogens is 376 g/mol. The maximum atomic E-state index is 12.9. The van der Waals surface area contributed by atoms with E-state index >= 15 is 0 Å². The van der Waals surface area contributed by atoms with Crippen molar-refractivity contribution in [1.82, 2.24) is 9.88 Å². The molecule has 1 atom stereocenters. The van der Waals surface area contributed by atoms with E-state index in [-0.39, 0.29) is 11.7 Å². The Morgan fingerprint density at radius 2 is 1.79 bits per heavy atom. The first-order valence-corrected chi connectivity index (χ1v) is 10.2. The van der Waals surface area contributed by atoms with Crippen LogP contribution in [-0.4, -0.2) is 40.6 Å². The van der Waals surface area contributed by atoms with E-state index in [1.54, 1.807) is 17.0 Å². The normalized spacial score (nSPS) is 14.9. The highest BCUT2D eigenvalue weighted by atomic mass is 32.2. The summed E-state index contributed by atoms with van der Waals surface area (Å²) in [5, 5.41) is 0.403. The van der Waals surface area contributed by atoms with Crippen LogP contribution in [-0.2, 0) is 14.3 Å². The lowest BCUT2D eigenvalue weighted by molar-refractivity contribution is -0.158. The van der Waals surface area contributed by atoms with E-state index < -0.39 is 12.1 Å². The molecule has 3 aromatic rings. The van der Waals surface area contributed by atoms with E-state index in [1.807, 2.05) is 42.5 Å². The van der Waals surface area contributed by atoms with E-state index in [0.29, 0.717) is 29.5 Å². The minimum Gasteiger partial charge on any atom is -0.447 e. The molecule has 1 fully saturated rings. The monoisotopic (exact) mass is 396 g/mol. The molecule has 1 amide bonds. The molecule has 1 aliphatic rings. The van der Waals surface area contributed by atoms with Crippen LogP contribution in [0.2, 0.25) is 0 Å². The highest BCUT2D eigenvalue weighted by Gasteiger charge is 2.31. The van der Waals surface area contributed by atoms with Crippen LogP contribution in [0.25, 0.3) is 11.1 Å². The number of hydrogen-bond donors (Lipinski definition) is 0. The Bertz CT molecular complexity index is 934. The molecule has 28 heavy (non-hydrogen) atoms. The molecule has 6 nitrogen and oxygen atoms in total. The predicted octanol–water partition coefficient (Wildman–Crippen LogP) is 3.83. The van der Waals surface area contributed by atoms with Gasteiger partial charge < -0.3 is 14.1 Å². The Morgan fingerprint density at radius 1 is 1.07 bits per heavy atom. The molecule has 1 saturated heterocycles. The lowest BCUT2D eigenvalue weighted by Crippen LogP contribution is -2.35. The quantitative estimate of drug-likeness (QED) is 0.466. The average molecular weight is 396 g/mol. The molecule has 2 aromatic carbocycles. The Hall–Kier alpha value is -2.80. The summed E-state index contributed by atoms with van der Waals surface area (Å²) in [5.41, 5.74) is 2.09. The number of rotatable bonds is 6. The van der Waals surface area contributed by atoms with Crippen molar-refractivity contribution in [2.24, 2.45) is 0 Å². The first kappa shape index (κ1) is 18.6. The van der Waals surface area contributed by atoms with Gasteiger partial charge in [-0.1, -0.05) is 54.2 Å². The van der Waals surface area contributed by atoms with Crippen molar-refractivity contribution in [3.8, 4) is 0 Å². The van der Waals surface area contributed by atoms with Gasteiger partial charge >= 0.3 is 5.97 Å². The van der Waals surface area contributed by atoms with Gasteiger partial charge in [-0.05, 0) is 25.0 Å². The predicted molar refractivity (Wildman–Crippen MR) is 106 cm³/mol. The molecule has 1 aliphatic heterocycles. The standard InChI is InChI=1S/C21H20N2O4S/c24-18(14-28-21-22-16-10-4-5-11-17(16)26-21)27-19(15-8-2-1-3-9-15)20(25)23-12-6-7-13-23/h1-5,8-11,19H,6-7,12-14H2/t19-/m0/s1. The average Bonchev–Trinajstić information content (AvgIpc) is 3.40. The van der Waals surface area contributed by atoms with Crippen molar-refractivity contribution in [2.45, 2.75) is 24.2 Å². The summed E-state index contributed by atoms with van der Waals surface area (Å²) in [6, 6.07) is 16.6. The number of likely N-dealkylation sites (tertiary alicyclic amines) is 1. The van der Waals surface area contributed by atoms with Gasteiger partial charge in [0.05, 0.1) is 0 Å². The number of esters is 1. The van der Waals surface area contributed by atoms with Crippen LogP contribution in [0.4, 0.5) is 0 Å². The number of thioether (sulfide) groups is 1. The Labute approximate surface area is 166 Å². The second kappa shape index (κ2) is 8.48. The molecule has 0 N–H and O–H groups in total. The van der Waals surface area contributed by atoms with E-state index in [1.165, 1.54) is 0 Å². The smallest absolute Gasteiger partial charge is 0.317 e. The highest BCUT2D eigenvalue weighted by Crippen LogP contribution is 2.26. The van der Waals surface area contributed by atoms with E-state index in [2.05, 4.69) is 4.98 Å². The highest BCUT2D eigenvalue weighted by molar-refractivity contribution is 7.99. The molecule has 0 radical (unpaired) electrons. The van der Waals surface area contributed by atoms with Gasteiger partial charge in [0.15, 0.2) is 5.58 Å². The summed E-state index contributed by atoms with van der Waals surface area (Å²) in [6.07, 6.45) is 1.04. The van der Waals surface area contributed by atoms with Gasteiger partial charge in [-0.15, -0.1) is 0 Å². The van der Waals surface area contributed by atoms with Crippen molar-refractivity contribution in [2.75, 3.05) is 18.8 Å². The zero-order chi connectivity index (χ0) is 19.3. The number of carbonyl (C=O) groups excluding carboxylic acids is 2. The van der Waals surface area contributed by atoms with Crippen LogP contribution in [0.1, 0.15) is 24.5 Å². The summed E-state index contributed by atoms with van der Waals surface area (Å²) in [7, 11) is 0. The lowest BCUT2D eigenvalue weighted by Gasteiger charge is -2.23. The second-order valence-electron chi connectivity index (χ2n) is 6.55. The molecule has 0 aliphatic carbocycles. The van der Waals surface area contributed by atoms with Crippen LogP contribution < -0.4 is 0 Å². The number of carbonyl (C=O) groups is 2. The second-order valence-corrected chi connectivity index (χ2v) is 7.48. The van der Waals surface area contributed by atoms with Gasteiger partial charge in [0, 0.05) is 18.7 Å². The number of fused-ring (bicyclic) bond motifs is 1. The van der Waals surface area contributed by atoms with Gasteiger partial charge in [-0.2, -0.15) is 0 Å². The number of para-hydroxylation sites is 2. The van der Waals surface area contributed by atoms with Crippen LogP contribution >= 0.6 is 11.8 Å². The Balaban J connectivity index is 1.43. The van der Waals surface area contributed by atoms with E-state index in [9.17, 15) is 9.59 Å². The van der Waals surface area contributed by atoms with Crippen molar-refractivity contribution < 1.29 is 18.7 Å². The summed E-state index contributed by atoms with van der Waals surface area (Å²) < 4.78 is 11.2. The lowest BCUT2D eigenvalue weighted by atomic mass is 10.1. The first-order chi connectivity index (χ1) is 13.7. The molecule has 4 rings (SSSR count). The van der Waals surface area contributed by atoms with E-state index in [0.717, 1.165) is 30.1 Å². The van der Waals surface area contributed by atoms with Crippen LogP contribution in [0.15, 0.2) is 64.2 Å². The maximum Gasteiger partial charge on any atom is 0.317 e. The van der Waals surface area contributed by atoms with Crippen LogP contribution in [0.3, 0.4) is 0 Å². The van der Waals surface area contributed by atoms with Gasteiger partial charge in [0.2, 0.25) is 6.10 Å². The Kier molecular flexibility index (Phi) is 5.62. The molecule has 0 unspecified atom stereocenters. The van der Waals surface area contributed by atoms with Crippen molar-refractivity contribution in [3.63, 3.8) is 0 Å². The molecule has 0 bridgehead atoms. The maximum absolute atomic E-state index is 12.9. The minimum atomic E-state index is -0.920. The third-order valence-electron chi connectivity index (χ3n) is 4.58. The largest absolute Gasteiger partial charge is 0.447 e. The zero-order valence-electron chi connectivity index (χ0n) is 15.2. The molecule has 0 saturated carbocycles. The fourth-order valence-electron chi connectivity index (χ4n) is 3.19. The number of nitrogens with zero attached hydrogens (tertiary/aromatic N) is 2. The third kappa shape index (κ3) is 4.20. The topological polar surface area (TPSA) is 72.6 Å². The fourth-order valence-corrected chi connectivity index (χ4v) is 3.81. The summed E-state index contributed by atoms with van der Waals surface area (Å²) in [6.45, 7) is 1.41. The zero-order valence-corrected chi connectivity index (χ0v) is 16.1. The summed E-state index contributed by atoms with van der Waals surface area (Å²) in [5.74, 6) is -0.624. The molecule has 7 heteroatoms. The molecule has 1 aromatic heterocycles. The minimum absolute atomic E-state index is 0.0173. The van der Waals surface area contributed by atoms with Crippen molar-refractivity contribution in [3.05, 3.63) is 60.2 Å². The van der Waals surface area contributed by atoms with E-state index in [4.69, 9.17) is 9.15 Å². The molecule has 144 valence electrons. The number of aromatic nitrogens is 1. The van der Waals surface area contributed by atoms with Gasteiger partial charge in [-0.25, -0.2) is 4.98 Å². The number of oxazole rings is 1. The molecular formula is C21H20N2O4S. The van der Waals surface area contributed by atoms with Crippen molar-refractivity contribution in [1.29, 1.82) is 0 Å². The summed E-state index contributed by atoms with van der Waals surface area (Å²) in [4.78, 5) is 31.4. The van der Waals surface area contributed by atoms with Gasteiger partial charge in [-0.3, -0.25) is 9.59 Å². The fraction of sp³-hybridized carbons (Fsp3) is 0.286. The number of ether oxygens (including phenoxy) is 1. The van der Waals surface area contributed by atoms with Crippen LogP contribution in [0.5, 0.6) is 0 Å². The number of amides is 1. The Morgan fingerprint density at radius 3 is 2.54 bits per heavy atom. The SMILES string of the molecule is O=C(CSc1nc2ccccc2o1)O[C@H](C(=O)N1CCCC1)c1ccccc1. The molecule has 2 heterocycles. The summed E-state index contributed by atoms with van der Waals surface area (Å²) >= 11 is 1.16. The van der Waals surface area contributed by atoms with Crippen molar-refractivity contribution >= 4 is 34.7 Å². The van der Waals surface area contributed by atoms with Gasteiger partial charge in [0.25, 0.3) is 11.1 Å². The number of hydrogen-bond acceptors (Lipinski definition) is 6. The molecule has 0 spiro atoms. The first-order valence-electron chi connectivity index (χ1n) is 9.22.